The Labute approximate surface area is 213 Å². The number of benzene rings is 2. The Bertz CT molecular complexity index is 1400. The van der Waals surface area contributed by atoms with Gasteiger partial charge in [-0.2, -0.15) is 0 Å². The van der Waals surface area contributed by atoms with Crippen LogP contribution in [0.5, 0.6) is 5.88 Å². The number of carbonyl (C=O) groups is 1. The summed E-state index contributed by atoms with van der Waals surface area (Å²) in [6.07, 6.45) is 3.72. The molecule has 178 valence electrons. The van der Waals surface area contributed by atoms with E-state index in [0.29, 0.717) is 40.6 Å². The van der Waals surface area contributed by atoms with Crippen molar-refractivity contribution in [2.45, 2.75) is 38.8 Å². The molecule has 1 amide bonds. The lowest BCUT2D eigenvalue weighted by Gasteiger charge is -2.56. The van der Waals surface area contributed by atoms with Gasteiger partial charge in [0.25, 0.3) is 5.91 Å². The van der Waals surface area contributed by atoms with Crippen LogP contribution in [0.1, 0.15) is 35.3 Å². The van der Waals surface area contributed by atoms with Crippen molar-refractivity contribution >= 4 is 39.9 Å². The van der Waals surface area contributed by atoms with Crippen LogP contribution in [-0.4, -0.2) is 44.4 Å². The van der Waals surface area contributed by atoms with Gasteiger partial charge in [0.1, 0.15) is 12.3 Å². The number of thiazole rings is 1. The smallest absolute Gasteiger partial charge is 0.274 e. The maximum atomic E-state index is 14.0. The molecule has 2 bridgehead atoms. The van der Waals surface area contributed by atoms with Crippen molar-refractivity contribution in [2.75, 3.05) is 6.61 Å². The molecular formula is C27H25ClN4O2S. The van der Waals surface area contributed by atoms with E-state index in [0.717, 1.165) is 33.8 Å². The van der Waals surface area contributed by atoms with Gasteiger partial charge in [0.2, 0.25) is 5.88 Å². The summed E-state index contributed by atoms with van der Waals surface area (Å²) < 4.78 is 6.14. The van der Waals surface area contributed by atoms with Gasteiger partial charge in [0.15, 0.2) is 0 Å². The summed E-state index contributed by atoms with van der Waals surface area (Å²) in [5, 5.41) is 1.50. The van der Waals surface area contributed by atoms with Crippen molar-refractivity contribution in [3.05, 3.63) is 70.5 Å². The molecule has 3 aliphatic rings. The van der Waals surface area contributed by atoms with Gasteiger partial charge in [-0.25, -0.2) is 15.0 Å². The van der Waals surface area contributed by atoms with E-state index in [1.807, 2.05) is 48.2 Å². The van der Waals surface area contributed by atoms with E-state index in [1.165, 1.54) is 0 Å². The molecule has 4 aromatic rings. The van der Waals surface area contributed by atoms with Crippen molar-refractivity contribution < 1.29 is 9.53 Å². The van der Waals surface area contributed by atoms with E-state index in [9.17, 15) is 4.79 Å². The van der Waals surface area contributed by atoms with Crippen LogP contribution in [0.25, 0.3) is 21.5 Å². The van der Waals surface area contributed by atoms with Crippen LogP contribution in [0.3, 0.4) is 0 Å². The van der Waals surface area contributed by atoms with E-state index in [-0.39, 0.29) is 18.0 Å². The normalized spacial score (nSPS) is 23.2. The fourth-order valence-electron chi connectivity index (χ4n) is 5.36. The number of amides is 1. The van der Waals surface area contributed by atoms with Gasteiger partial charge in [-0.15, -0.1) is 11.3 Å². The third-order valence-corrected chi connectivity index (χ3v) is 8.60. The summed E-state index contributed by atoms with van der Waals surface area (Å²) in [5.74, 6) is 1.37. The van der Waals surface area contributed by atoms with Gasteiger partial charge in [-0.05, 0) is 55.4 Å². The molecule has 35 heavy (non-hydrogen) atoms. The average Bonchev–Trinajstić information content (AvgIpc) is 3.23. The number of rotatable bonds is 5. The molecule has 4 heterocycles. The highest BCUT2D eigenvalue weighted by atomic mass is 35.5. The highest BCUT2D eigenvalue weighted by Crippen LogP contribution is 2.47. The summed E-state index contributed by atoms with van der Waals surface area (Å²) in [7, 11) is 0. The second-order valence-electron chi connectivity index (χ2n) is 9.45. The molecule has 0 radical (unpaired) electrons. The quantitative estimate of drug-likeness (QED) is 0.332. The van der Waals surface area contributed by atoms with E-state index in [4.69, 9.17) is 16.3 Å². The van der Waals surface area contributed by atoms with Crippen LogP contribution in [0.4, 0.5) is 0 Å². The van der Waals surface area contributed by atoms with Crippen LogP contribution in [-0.2, 0) is 0 Å². The first-order valence-corrected chi connectivity index (χ1v) is 13.1. The van der Waals surface area contributed by atoms with Gasteiger partial charge in [0, 0.05) is 11.1 Å². The van der Waals surface area contributed by atoms with Crippen LogP contribution >= 0.6 is 22.9 Å². The molecule has 6 nitrogen and oxygen atoms in total. The lowest BCUT2D eigenvalue weighted by Crippen LogP contribution is -2.64. The number of aryl methyl sites for hydroxylation is 1. The van der Waals surface area contributed by atoms with Crippen molar-refractivity contribution in [3.63, 3.8) is 0 Å². The fourth-order valence-corrected chi connectivity index (χ4v) is 6.44. The Morgan fingerprint density at radius 3 is 2.74 bits per heavy atom. The topological polar surface area (TPSA) is 68.2 Å². The maximum Gasteiger partial charge on any atom is 0.274 e. The zero-order chi connectivity index (χ0) is 24.1. The Kier molecular flexibility index (Phi) is 5.69. The molecule has 1 aliphatic carbocycles. The molecule has 0 spiro atoms. The molecule has 0 N–H and O–H groups in total. The molecule has 2 aromatic carbocycles. The monoisotopic (exact) mass is 504 g/mol. The number of nitrogens with zero attached hydrogens (tertiary/aromatic N) is 4. The summed E-state index contributed by atoms with van der Waals surface area (Å²) >= 11 is 7.69. The van der Waals surface area contributed by atoms with Gasteiger partial charge < -0.3 is 9.64 Å². The van der Waals surface area contributed by atoms with Crippen LogP contribution in [0.15, 0.2) is 54.7 Å². The third-order valence-electron chi connectivity index (χ3n) is 7.34. The first kappa shape index (κ1) is 22.4. The predicted molar refractivity (Wildman–Crippen MR) is 138 cm³/mol. The van der Waals surface area contributed by atoms with Crippen LogP contribution < -0.4 is 4.74 Å². The largest absolute Gasteiger partial charge is 0.474 e. The average molecular weight is 505 g/mol. The summed E-state index contributed by atoms with van der Waals surface area (Å²) in [6, 6.07) is 15.6. The molecule has 2 atom stereocenters. The van der Waals surface area contributed by atoms with Crippen molar-refractivity contribution in [1.82, 2.24) is 19.9 Å². The van der Waals surface area contributed by atoms with E-state index in [1.54, 1.807) is 29.7 Å². The number of carbonyl (C=O) groups excluding carboxylic acids is 1. The van der Waals surface area contributed by atoms with Gasteiger partial charge >= 0.3 is 0 Å². The number of hydrogen-bond donors (Lipinski definition) is 0. The highest BCUT2D eigenvalue weighted by Gasteiger charge is 2.51. The molecule has 2 saturated heterocycles. The van der Waals surface area contributed by atoms with E-state index in [2.05, 4.69) is 21.9 Å². The van der Waals surface area contributed by atoms with Crippen molar-refractivity contribution in [1.29, 1.82) is 0 Å². The summed E-state index contributed by atoms with van der Waals surface area (Å²) in [5.41, 5.74) is 3.02. The van der Waals surface area contributed by atoms with Gasteiger partial charge in [-0.3, -0.25) is 4.79 Å². The molecule has 1 saturated carbocycles. The fraction of sp³-hybridized carbons (Fsp3) is 0.333. The van der Waals surface area contributed by atoms with Crippen LogP contribution in [0.2, 0.25) is 5.02 Å². The number of hydrogen-bond acceptors (Lipinski definition) is 6. The molecule has 7 rings (SSSR count). The van der Waals surface area contributed by atoms with Crippen molar-refractivity contribution in [2.24, 2.45) is 11.8 Å². The molecule has 2 aromatic heterocycles. The van der Waals surface area contributed by atoms with Crippen LogP contribution in [0, 0.1) is 18.8 Å². The molecule has 8 heteroatoms. The molecule has 2 aliphatic heterocycles. The Morgan fingerprint density at radius 2 is 1.94 bits per heavy atom. The lowest BCUT2D eigenvalue weighted by atomic mass is 9.64. The Balaban J connectivity index is 1.28. The SMILES string of the molecule is Cc1nc(C(=O)N2C3CC(C3)C(C)C2COc2cnc3ccc(Cl)cc3n2)c(-c2ccccc2)s1. The molecule has 2 unspecified atom stereocenters. The second kappa shape index (κ2) is 8.88. The second-order valence-corrected chi connectivity index (χ2v) is 11.1. The summed E-state index contributed by atoms with van der Waals surface area (Å²) in [4.78, 5) is 30.7. The first-order valence-electron chi connectivity index (χ1n) is 11.9. The van der Waals surface area contributed by atoms with Gasteiger partial charge in [0.05, 0.1) is 33.2 Å². The minimum atomic E-state index is -0.0533. The number of piperidine rings is 2. The van der Waals surface area contributed by atoms with E-state index >= 15 is 0 Å². The number of aromatic nitrogens is 3. The Hall–Kier alpha value is -3.03. The number of fused-ring (bicyclic) bond motifs is 3. The maximum absolute atomic E-state index is 14.0. The molecule has 3 fully saturated rings. The number of halogens is 1. The zero-order valence-electron chi connectivity index (χ0n) is 19.5. The van der Waals surface area contributed by atoms with Gasteiger partial charge in [-0.1, -0.05) is 48.9 Å². The molecular weight excluding hydrogens is 480 g/mol. The number of ether oxygens (including phenoxy) is 1. The predicted octanol–water partition coefficient (Wildman–Crippen LogP) is 6.03. The van der Waals surface area contributed by atoms with E-state index < -0.39 is 0 Å². The van der Waals surface area contributed by atoms with Crippen molar-refractivity contribution in [3.8, 4) is 16.3 Å². The summed E-state index contributed by atoms with van der Waals surface area (Å²) in [6.45, 7) is 4.55. The third kappa shape index (κ3) is 4.06. The minimum Gasteiger partial charge on any atom is -0.474 e. The Morgan fingerprint density at radius 1 is 1.14 bits per heavy atom. The zero-order valence-corrected chi connectivity index (χ0v) is 21.1. The highest BCUT2D eigenvalue weighted by molar-refractivity contribution is 7.15. The standard InChI is InChI=1S/C27H25ClN4O2S/c1-15-18-10-20(11-18)32(27(33)25-26(35-16(2)30-25)17-6-4-3-5-7-17)23(15)14-34-24-13-29-21-9-8-19(28)12-22(21)31-24/h3-9,12-13,15,18,20,23H,10-11,14H2,1-2H3. The minimum absolute atomic E-state index is 0.00631. The lowest BCUT2D eigenvalue weighted by molar-refractivity contribution is -0.0676. The first-order chi connectivity index (χ1) is 17.0.